The van der Waals surface area contributed by atoms with Gasteiger partial charge in [-0.15, -0.1) is 0 Å². The van der Waals surface area contributed by atoms with Crippen molar-refractivity contribution in [3.8, 4) is 6.07 Å². The molecule has 0 radical (unpaired) electrons. The minimum absolute atomic E-state index is 0.337. The Morgan fingerprint density at radius 3 is 2.06 bits per heavy atom. The zero-order chi connectivity index (χ0) is 13.7. The van der Waals surface area contributed by atoms with Crippen molar-refractivity contribution in [1.29, 1.82) is 5.26 Å². The molecule has 0 bridgehead atoms. The molecule has 17 heavy (non-hydrogen) atoms. The molecular formula is C7H6F6N2O2. The standard InChI is InChI=1S/C7H6F6N2O2/c8-6(9,10)4(7(11,12)13)15-5(16)17-3-1-2-14/h4H,1,3H2,(H,15,16). The van der Waals surface area contributed by atoms with E-state index in [0.717, 1.165) is 0 Å². The van der Waals surface area contributed by atoms with Crippen LogP contribution in [0.3, 0.4) is 0 Å². The van der Waals surface area contributed by atoms with Crippen molar-refractivity contribution >= 4 is 6.09 Å². The Morgan fingerprint density at radius 1 is 1.24 bits per heavy atom. The highest BCUT2D eigenvalue weighted by atomic mass is 19.4. The van der Waals surface area contributed by atoms with E-state index in [-0.39, 0.29) is 6.42 Å². The Balaban J connectivity index is 4.47. The highest BCUT2D eigenvalue weighted by molar-refractivity contribution is 5.67. The quantitative estimate of drug-likeness (QED) is 0.627. The molecule has 0 spiro atoms. The van der Waals surface area contributed by atoms with Crippen LogP contribution in [0.1, 0.15) is 6.42 Å². The summed E-state index contributed by atoms with van der Waals surface area (Å²) in [6.45, 7) is -0.592. The van der Waals surface area contributed by atoms with E-state index in [4.69, 9.17) is 5.26 Å². The molecule has 0 saturated heterocycles. The molecule has 0 saturated carbocycles. The van der Waals surface area contributed by atoms with Gasteiger partial charge in [-0.1, -0.05) is 0 Å². The smallest absolute Gasteiger partial charge is 0.417 e. The first kappa shape index (κ1) is 15.3. The average Bonchev–Trinajstić information content (AvgIpc) is 2.11. The predicted molar refractivity (Wildman–Crippen MR) is 40.6 cm³/mol. The molecular weight excluding hydrogens is 258 g/mol. The molecule has 0 aliphatic rings. The minimum Gasteiger partial charge on any atom is -0.448 e. The van der Waals surface area contributed by atoms with E-state index in [1.807, 2.05) is 0 Å². The second-order valence-electron chi connectivity index (χ2n) is 2.70. The monoisotopic (exact) mass is 264 g/mol. The summed E-state index contributed by atoms with van der Waals surface area (Å²) in [5.74, 6) is 0. The van der Waals surface area contributed by atoms with Crippen LogP contribution in [-0.4, -0.2) is 31.1 Å². The number of hydrogen-bond donors (Lipinski definition) is 1. The summed E-state index contributed by atoms with van der Waals surface area (Å²) in [5, 5.41) is 8.63. The number of hydrogen-bond acceptors (Lipinski definition) is 3. The fourth-order valence-corrected chi connectivity index (χ4v) is 0.698. The van der Waals surface area contributed by atoms with Gasteiger partial charge in [-0.3, -0.25) is 0 Å². The summed E-state index contributed by atoms with van der Waals surface area (Å²) in [5.41, 5.74) is 0. The summed E-state index contributed by atoms with van der Waals surface area (Å²) in [4.78, 5) is 10.6. The van der Waals surface area contributed by atoms with Gasteiger partial charge in [0.05, 0.1) is 12.5 Å². The van der Waals surface area contributed by atoms with E-state index in [9.17, 15) is 31.1 Å². The maximum atomic E-state index is 11.9. The molecule has 0 aromatic rings. The van der Waals surface area contributed by atoms with Gasteiger partial charge in [0.25, 0.3) is 0 Å². The largest absolute Gasteiger partial charge is 0.448 e. The topological polar surface area (TPSA) is 62.1 Å². The van der Waals surface area contributed by atoms with E-state index in [1.165, 1.54) is 6.07 Å². The fourth-order valence-electron chi connectivity index (χ4n) is 0.698. The lowest BCUT2D eigenvalue weighted by atomic mass is 10.3. The first-order valence-corrected chi connectivity index (χ1v) is 4.02. The zero-order valence-corrected chi connectivity index (χ0v) is 8.02. The molecule has 0 aliphatic heterocycles. The summed E-state index contributed by atoms with van der Waals surface area (Å²) in [6.07, 6.45) is -13.6. The highest BCUT2D eigenvalue weighted by Crippen LogP contribution is 2.33. The van der Waals surface area contributed by atoms with Gasteiger partial charge in [0.15, 0.2) is 0 Å². The van der Waals surface area contributed by atoms with E-state index < -0.39 is 31.1 Å². The molecule has 0 aromatic heterocycles. The molecule has 0 aliphatic carbocycles. The van der Waals surface area contributed by atoms with E-state index in [1.54, 1.807) is 0 Å². The number of nitrogens with zero attached hydrogens (tertiary/aromatic N) is 1. The van der Waals surface area contributed by atoms with E-state index in [0.29, 0.717) is 5.32 Å². The van der Waals surface area contributed by atoms with Crippen LogP contribution in [0.2, 0.25) is 0 Å². The Morgan fingerprint density at radius 2 is 1.71 bits per heavy atom. The van der Waals surface area contributed by atoms with Gasteiger partial charge in [-0.05, 0) is 0 Å². The molecule has 98 valence electrons. The van der Waals surface area contributed by atoms with Crippen molar-refractivity contribution in [3.05, 3.63) is 0 Å². The minimum atomic E-state index is -5.67. The van der Waals surface area contributed by atoms with Crippen LogP contribution in [0.15, 0.2) is 0 Å². The van der Waals surface area contributed by atoms with Crippen molar-refractivity contribution < 1.29 is 35.9 Å². The number of carbonyl (C=O) groups is 1. The fraction of sp³-hybridized carbons (Fsp3) is 0.714. The summed E-state index contributed by atoms with van der Waals surface area (Å²) >= 11 is 0. The number of ether oxygens (including phenoxy) is 1. The average molecular weight is 264 g/mol. The van der Waals surface area contributed by atoms with Gasteiger partial charge in [0, 0.05) is 0 Å². The second-order valence-corrected chi connectivity index (χ2v) is 2.70. The van der Waals surface area contributed by atoms with Gasteiger partial charge in [0.2, 0.25) is 6.04 Å². The van der Waals surface area contributed by atoms with Crippen LogP contribution in [0, 0.1) is 11.3 Å². The summed E-state index contributed by atoms with van der Waals surface area (Å²) in [7, 11) is 0. The third-order valence-electron chi connectivity index (χ3n) is 1.36. The normalized spacial score (nSPS) is 12.1. The molecule has 0 heterocycles. The third kappa shape index (κ3) is 5.84. The van der Waals surface area contributed by atoms with Crippen molar-refractivity contribution in [2.45, 2.75) is 24.8 Å². The Hall–Kier alpha value is -1.66. The first-order chi connectivity index (χ1) is 7.59. The van der Waals surface area contributed by atoms with Crippen molar-refractivity contribution in [2.24, 2.45) is 0 Å². The maximum absolute atomic E-state index is 11.9. The molecule has 1 N–H and O–H groups in total. The number of amides is 1. The molecule has 0 atom stereocenters. The van der Waals surface area contributed by atoms with Crippen LogP contribution < -0.4 is 5.32 Å². The van der Waals surface area contributed by atoms with Crippen LogP contribution in [0.25, 0.3) is 0 Å². The molecule has 0 fully saturated rings. The lowest BCUT2D eigenvalue weighted by molar-refractivity contribution is -0.256. The maximum Gasteiger partial charge on any atom is 0.417 e. The van der Waals surface area contributed by atoms with Crippen molar-refractivity contribution in [3.63, 3.8) is 0 Å². The predicted octanol–water partition coefficient (Wildman–Crippen LogP) is 2.12. The summed E-state index contributed by atoms with van der Waals surface area (Å²) < 4.78 is 75.5. The van der Waals surface area contributed by atoms with Gasteiger partial charge in [-0.2, -0.15) is 31.6 Å². The van der Waals surface area contributed by atoms with E-state index in [2.05, 4.69) is 4.74 Å². The van der Waals surface area contributed by atoms with Crippen LogP contribution in [0.5, 0.6) is 0 Å². The first-order valence-electron chi connectivity index (χ1n) is 4.02. The molecule has 4 nitrogen and oxygen atoms in total. The van der Waals surface area contributed by atoms with Gasteiger partial charge in [-0.25, -0.2) is 4.79 Å². The Kier molecular flexibility index (Phi) is 5.06. The van der Waals surface area contributed by atoms with Crippen LogP contribution >= 0.6 is 0 Å². The SMILES string of the molecule is N#CCCOC(=O)NC(C(F)(F)F)C(F)(F)F. The lowest BCUT2D eigenvalue weighted by Crippen LogP contribution is -2.54. The number of halogens is 6. The van der Waals surface area contributed by atoms with Gasteiger partial charge >= 0.3 is 18.4 Å². The van der Waals surface area contributed by atoms with Crippen molar-refractivity contribution in [2.75, 3.05) is 6.61 Å². The Bertz CT molecular complexity index is 291. The van der Waals surface area contributed by atoms with Crippen molar-refractivity contribution in [1.82, 2.24) is 5.32 Å². The number of alkyl carbamates (subject to hydrolysis) is 1. The number of carbonyl (C=O) groups excluding carboxylic acids is 1. The lowest BCUT2D eigenvalue weighted by Gasteiger charge is -2.23. The molecule has 1 amide bonds. The number of nitriles is 1. The highest BCUT2D eigenvalue weighted by Gasteiger charge is 2.57. The Labute approximate surface area is 91.1 Å². The molecule has 0 unspecified atom stereocenters. The van der Waals surface area contributed by atoms with Gasteiger partial charge in [0.1, 0.15) is 6.61 Å². The third-order valence-corrected chi connectivity index (χ3v) is 1.36. The van der Waals surface area contributed by atoms with E-state index >= 15 is 0 Å². The molecule has 10 heteroatoms. The van der Waals surface area contributed by atoms with Crippen LogP contribution in [-0.2, 0) is 4.74 Å². The number of alkyl halides is 6. The van der Waals surface area contributed by atoms with Crippen LogP contribution in [0.4, 0.5) is 31.1 Å². The summed E-state index contributed by atoms with van der Waals surface area (Å²) in [6, 6.07) is -2.51. The molecule has 0 rings (SSSR count). The molecule has 0 aromatic carbocycles. The number of nitrogens with one attached hydrogen (secondary N) is 1. The second kappa shape index (κ2) is 5.60. The van der Waals surface area contributed by atoms with Gasteiger partial charge < -0.3 is 10.1 Å². The number of rotatable bonds is 3. The zero-order valence-electron chi connectivity index (χ0n) is 8.02.